The lowest BCUT2D eigenvalue weighted by Gasteiger charge is -2.18. The predicted octanol–water partition coefficient (Wildman–Crippen LogP) is 1.22. The van der Waals surface area contributed by atoms with Crippen molar-refractivity contribution in [3.63, 3.8) is 0 Å². The van der Waals surface area contributed by atoms with Gasteiger partial charge >= 0.3 is 0 Å². The molecule has 1 aliphatic heterocycles. The van der Waals surface area contributed by atoms with Crippen molar-refractivity contribution < 1.29 is 9.47 Å². The summed E-state index contributed by atoms with van der Waals surface area (Å²) in [5.74, 6) is 4.24. The second-order valence-corrected chi connectivity index (χ2v) is 3.61. The minimum absolute atomic E-state index is 0.616. The van der Waals surface area contributed by atoms with Crippen LogP contribution in [-0.2, 0) is 6.42 Å². The number of hydrogen-bond acceptors (Lipinski definition) is 3. The molecule has 2 rings (SSSR count). The van der Waals surface area contributed by atoms with Gasteiger partial charge in [0.2, 0.25) is 0 Å². The van der Waals surface area contributed by atoms with Gasteiger partial charge in [0.25, 0.3) is 0 Å². The molecule has 1 aromatic carbocycles. The normalized spacial score (nSPS) is 13.2. The Kier molecular flexibility index (Phi) is 3.68. The van der Waals surface area contributed by atoms with E-state index in [0.29, 0.717) is 19.8 Å². The lowest BCUT2D eigenvalue weighted by atomic mass is 10.1. The monoisotopic (exact) mass is 217 g/mol. The highest BCUT2D eigenvalue weighted by Crippen LogP contribution is 2.30. The molecule has 3 nitrogen and oxygen atoms in total. The van der Waals surface area contributed by atoms with Gasteiger partial charge in [0.1, 0.15) is 13.2 Å². The molecule has 0 saturated carbocycles. The van der Waals surface area contributed by atoms with Crippen LogP contribution in [0.1, 0.15) is 5.56 Å². The summed E-state index contributed by atoms with van der Waals surface area (Å²) in [5, 5.41) is 3.16. The molecule has 3 heteroatoms. The minimum atomic E-state index is 0.616. The van der Waals surface area contributed by atoms with Crippen LogP contribution in [0.5, 0.6) is 11.5 Å². The first-order valence-electron chi connectivity index (χ1n) is 5.43. The molecule has 0 unspecified atom stereocenters. The van der Waals surface area contributed by atoms with Gasteiger partial charge in [-0.2, -0.15) is 0 Å². The highest BCUT2D eigenvalue weighted by atomic mass is 16.6. The Bertz CT molecular complexity index is 395. The molecule has 0 spiro atoms. The van der Waals surface area contributed by atoms with Crippen molar-refractivity contribution in [2.45, 2.75) is 6.42 Å². The molecule has 1 N–H and O–H groups in total. The zero-order valence-electron chi connectivity index (χ0n) is 9.16. The van der Waals surface area contributed by atoms with E-state index in [1.165, 1.54) is 5.56 Å². The molecule has 0 saturated heterocycles. The Hall–Kier alpha value is -1.66. The first-order valence-corrected chi connectivity index (χ1v) is 5.43. The first kappa shape index (κ1) is 10.8. The van der Waals surface area contributed by atoms with Crippen molar-refractivity contribution in [3.05, 3.63) is 23.8 Å². The predicted molar refractivity (Wildman–Crippen MR) is 62.8 cm³/mol. The third-order valence-electron chi connectivity index (χ3n) is 2.42. The van der Waals surface area contributed by atoms with Crippen molar-refractivity contribution in [1.29, 1.82) is 0 Å². The SMILES string of the molecule is C#CCNCCc1ccc2c(c1)OCCO2. The van der Waals surface area contributed by atoms with E-state index >= 15 is 0 Å². The van der Waals surface area contributed by atoms with E-state index in [2.05, 4.69) is 17.3 Å². The van der Waals surface area contributed by atoms with Crippen LogP contribution in [0.4, 0.5) is 0 Å². The maximum Gasteiger partial charge on any atom is 0.161 e. The number of fused-ring (bicyclic) bond motifs is 1. The Morgan fingerprint density at radius 2 is 2.06 bits per heavy atom. The Morgan fingerprint density at radius 1 is 1.25 bits per heavy atom. The molecular weight excluding hydrogens is 202 g/mol. The third-order valence-corrected chi connectivity index (χ3v) is 2.42. The molecule has 0 bridgehead atoms. The first-order chi connectivity index (χ1) is 7.90. The Morgan fingerprint density at radius 3 is 2.88 bits per heavy atom. The topological polar surface area (TPSA) is 30.5 Å². The molecular formula is C13H15NO2. The molecule has 0 fully saturated rings. The molecule has 0 amide bonds. The van der Waals surface area contributed by atoms with Crippen LogP contribution in [0.25, 0.3) is 0 Å². The summed E-state index contributed by atoms with van der Waals surface area (Å²) in [5.41, 5.74) is 1.23. The average molecular weight is 217 g/mol. The third kappa shape index (κ3) is 2.68. The molecule has 84 valence electrons. The molecule has 1 aromatic rings. The standard InChI is InChI=1S/C13H15NO2/c1-2-6-14-7-5-11-3-4-12-13(10-11)16-9-8-15-12/h1,3-4,10,14H,5-9H2. The molecule has 0 atom stereocenters. The van der Waals surface area contributed by atoms with Gasteiger partial charge in [-0.1, -0.05) is 12.0 Å². The summed E-state index contributed by atoms with van der Waals surface area (Å²) in [6, 6.07) is 6.06. The summed E-state index contributed by atoms with van der Waals surface area (Å²) in [6.07, 6.45) is 6.09. The van der Waals surface area contributed by atoms with E-state index in [-0.39, 0.29) is 0 Å². The molecule has 0 aromatic heterocycles. The quantitative estimate of drug-likeness (QED) is 0.607. The minimum Gasteiger partial charge on any atom is -0.486 e. The van der Waals surface area contributed by atoms with Crippen LogP contribution in [0.2, 0.25) is 0 Å². The van der Waals surface area contributed by atoms with Crippen LogP contribution >= 0.6 is 0 Å². The lowest BCUT2D eigenvalue weighted by Crippen LogP contribution is -2.18. The van der Waals surface area contributed by atoms with Crippen LogP contribution < -0.4 is 14.8 Å². The van der Waals surface area contributed by atoms with E-state index in [1.807, 2.05) is 12.1 Å². The second-order valence-electron chi connectivity index (χ2n) is 3.61. The number of hydrogen-bond donors (Lipinski definition) is 1. The van der Waals surface area contributed by atoms with Crippen LogP contribution in [0.15, 0.2) is 18.2 Å². The number of ether oxygens (including phenoxy) is 2. The smallest absolute Gasteiger partial charge is 0.161 e. The van der Waals surface area contributed by atoms with Gasteiger partial charge in [-0.25, -0.2) is 0 Å². The molecule has 1 aliphatic rings. The van der Waals surface area contributed by atoms with Crippen LogP contribution in [-0.4, -0.2) is 26.3 Å². The maximum absolute atomic E-state index is 5.51. The second kappa shape index (κ2) is 5.43. The fourth-order valence-corrected chi connectivity index (χ4v) is 1.64. The van der Waals surface area contributed by atoms with Crippen LogP contribution in [0.3, 0.4) is 0 Å². The zero-order chi connectivity index (χ0) is 11.2. The average Bonchev–Trinajstić information content (AvgIpc) is 2.34. The van der Waals surface area contributed by atoms with Gasteiger partial charge in [0.05, 0.1) is 6.54 Å². The highest BCUT2D eigenvalue weighted by Gasteiger charge is 2.11. The zero-order valence-corrected chi connectivity index (χ0v) is 9.16. The van der Waals surface area contributed by atoms with Crippen molar-refractivity contribution in [3.8, 4) is 23.8 Å². The molecule has 0 radical (unpaired) electrons. The fraction of sp³-hybridized carbons (Fsp3) is 0.385. The van der Waals surface area contributed by atoms with E-state index in [0.717, 1.165) is 24.5 Å². The molecule has 0 aliphatic carbocycles. The molecule has 16 heavy (non-hydrogen) atoms. The van der Waals surface area contributed by atoms with Gasteiger partial charge in [0.15, 0.2) is 11.5 Å². The van der Waals surface area contributed by atoms with E-state index < -0.39 is 0 Å². The van der Waals surface area contributed by atoms with Gasteiger partial charge in [-0.15, -0.1) is 6.42 Å². The van der Waals surface area contributed by atoms with Gasteiger partial charge < -0.3 is 14.8 Å². The Labute approximate surface area is 95.8 Å². The summed E-state index contributed by atoms with van der Waals surface area (Å²) < 4.78 is 11.0. The maximum atomic E-state index is 5.51. The fourth-order valence-electron chi connectivity index (χ4n) is 1.64. The van der Waals surface area contributed by atoms with Gasteiger partial charge in [-0.3, -0.25) is 0 Å². The number of terminal acetylenes is 1. The van der Waals surface area contributed by atoms with Crippen molar-refractivity contribution in [1.82, 2.24) is 5.32 Å². The highest BCUT2D eigenvalue weighted by molar-refractivity contribution is 5.43. The Balaban J connectivity index is 1.93. The number of benzene rings is 1. The molecule has 1 heterocycles. The van der Waals surface area contributed by atoms with E-state index in [4.69, 9.17) is 15.9 Å². The van der Waals surface area contributed by atoms with Crippen LogP contribution in [0, 0.1) is 12.3 Å². The largest absolute Gasteiger partial charge is 0.486 e. The van der Waals surface area contributed by atoms with Crippen molar-refractivity contribution in [2.75, 3.05) is 26.3 Å². The number of nitrogens with one attached hydrogen (secondary N) is 1. The number of rotatable bonds is 4. The van der Waals surface area contributed by atoms with Gasteiger partial charge in [0, 0.05) is 6.54 Å². The summed E-state index contributed by atoms with van der Waals surface area (Å²) in [6.45, 7) is 2.76. The van der Waals surface area contributed by atoms with Crippen molar-refractivity contribution in [2.24, 2.45) is 0 Å². The van der Waals surface area contributed by atoms with E-state index in [1.54, 1.807) is 0 Å². The summed E-state index contributed by atoms with van der Waals surface area (Å²) >= 11 is 0. The summed E-state index contributed by atoms with van der Waals surface area (Å²) in [7, 11) is 0. The summed E-state index contributed by atoms with van der Waals surface area (Å²) in [4.78, 5) is 0. The lowest BCUT2D eigenvalue weighted by molar-refractivity contribution is 0.171. The van der Waals surface area contributed by atoms with Crippen molar-refractivity contribution >= 4 is 0 Å². The van der Waals surface area contributed by atoms with E-state index in [9.17, 15) is 0 Å². The van der Waals surface area contributed by atoms with Gasteiger partial charge in [-0.05, 0) is 24.1 Å².